The van der Waals surface area contributed by atoms with Gasteiger partial charge in [0.25, 0.3) is 5.91 Å². The van der Waals surface area contributed by atoms with E-state index in [0.29, 0.717) is 23.4 Å². The number of carbonyl (C=O) groups is 1. The van der Waals surface area contributed by atoms with E-state index < -0.39 is 0 Å². The van der Waals surface area contributed by atoms with Crippen LogP contribution in [0.3, 0.4) is 0 Å². The van der Waals surface area contributed by atoms with Gasteiger partial charge < -0.3 is 5.32 Å². The van der Waals surface area contributed by atoms with Gasteiger partial charge in [-0.15, -0.1) is 0 Å². The third-order valence-electron chi connectivity index (χ3n) is 6.98. The quantitative estimate of drug-likeness (QED) is 0.215. The minimum absolute atomic E-state index is 0.170. The van der Waals surface area contributed by atoms with E-state index in [1.165, 1.54) is 5.56 Å². The zero-order chi connectivity index (χ0) is 27.6. The number of halogens is 1. The molecule has 0 aliphatic heterocycles. The molecule has 0 bridgehead atoms. The highest BCUT2D eigenvalue weighted by molar-refractivity contribution is 9.10. The summed E-state index contributed by atoms with van der Waals surface area (Å²) < 4.78 is 2.84. The van der Waals surface area contributed by atoms with Crippen molar-refractivity contribution < 1.29 is 4.79 Å². The third kappa shape index (κ3) is 4.94. The molecule has 4 aromatic carbocycles. The first-order chi connectivity index (χ1) is 19.5. The Hall–Kier alpha value is -4.55. The molecule has 0 saturated heterocycles. The van der Waals surface area contributed by atoms with Crippen LogP contribution in [0.5, 0.6) is 0 Å². The molecule has 2 aromatic heterocycles. The number of rotatable bonds is 6. The van der Waals surface area contributed by atoms with E-state index in [9.17, 15) is 4.79 Å². The van der Waals surface area contributed by atoms with E-state index in [4.69, 9.17) is 10.1 Å². The molecule has 0 saturated carbocycles. The summed E-state index contributed by atoms with van der Waals surface area (Å²) in [7, 11) is 0. The van der Waals surface area contributed by atoms with Crippen molar-refractivity contribution >= 4 is 32.9 Å². The van der Waals surface area contributed by atoms with Gasteiger partial charge in [-0.1, -0.05) is 106 Å². The van der Waals surface area contributed by atoms with Gasteiger partial charge in [-0.2, -0.15) is 5.10 Å². The topological polar surface area (TPSA) is 59.8 Å². The largest absolute Gasteiger partial charge is 0.348 e. The molecule has 5 nitrogen and oxygen atoms in total. The van der Waals surface area contributed by atoms with Gasteiger partial charge in [0, 0.05) is 22.1 Å². The Labute approximate surface area is 241 Å². The van der Waals surface area contributed by atoms with Gasteiger partial charge >= 0.3 is 0 Å². The molecule has 6 aromatic rings. The second-order valence-electron chi connectivity index (χ2n) is 9.78. The van der Waals surface area contributed by atoms with E-state index in [1.807, 2.05) is 109 Å². The summed E-state index contributed by atoms with van der Waals surface area (Å²) in [6.45, 7) is 4.37. The van der Waals surface area contributed by atoms with Gasteiger partial charge in [0.15, 0.2) is 5.65 Å². The summed E-state index contributed by atoms with van der Waals surface area (Å²) in [5, 5.41) is 9.07. The van der Waals surface area contributed by atoms with Gasteiger partial charge in [-0.05, 0) is 49.2 Å². The molecule has 0 spiro atoms. The van der Waals surface area contributed by atoms with Crippen LogP contribution in [0.4, 0.5) is 0 Å². The van der Waals surface area contributed by atoms with E-state index in [-0.39, 0.29) is 5.91 Å². The number of amides is 1. The zero-order valence-electron chi connectivity index (χ0n) is 22.2. The summed E-state index contributed by atoms with van der Waals surface area (Å²) >= 11 is 3.56. The van der Waals surface area contributed by atoms with Gasteiger partial charge in [0.2, 0.25) is 0 Å². The normalized spacial score (nSPS) is 11.1. The van der Waals surface area contributed by atoms with Gasteiger partial charge in [0.1, 0.15) is 5.69 Å². The van der Waals surface area contributed by atoms with Crippen LogP contribution in [0, 0.1) is 13.8 Å². The maximum Gasteiger partial charge on any atom is 0.254 e. The first-order valence-corrected chi connectivity index (χ1v) is 13.9. The van der Waals surface area contributed by atoms with E-state index >= 15 is 0 Å². The monoisotopic (exact) mass is 586 g/mol. The fourth-order valence-electron chi connectivity index (χ4n) is 4.97. The molecule has 0 unspecified atom stereocenters. The second kappa shape index (κ2) is 10.9. The van der Waals surface area contributed by atoms with Gasteiger partial charge in [-0.25, -0.2) is 9.67 Å². The number of hydrogen-bond acceptors (Lipinski definition) is 3. The molecule has 2 heterocycles. The molecular weight excluding hydrogens is 560 g/mol. The average molecular weight is 588 g/mol. The number of aromatic nitrogens is 3. The minimum atomic E-state index is -0.170. The fraction of sp³-hybridized carbons (Fsp3) is 0.0882. The number of nitrogens with one attached hydrogen (secondary N) is 1. The third-order valence-corrected chi connectivity index (χ3v) is 7.51. The highest BCUT2D eigenvalue weighted by Gasteiger charge is 2.26. The zero-order valence-corrected chi connectivity index (χ0v) is 23.8. The Kier molecular flexibility index (Phi) is 7.01. The van der Waals surface area contributed by atoms with Gasteiger partial charge in [0.05, 0.1) is 22.3 Å². The molecule has 1 N–H and O–H groups in total. The number of nitrogens with zero attached hydrogens (tertiary/aromatic N) is 3. The number of carbonyl (C=O) groups excluding carboxylic acids is 1. The van der Waals surface area contributed by atoms with Crippen LogP contribution < -0.4 is 5.32 Å². The van der Waals surface area contributed by atoms with Crippen LogP contribution in [-0.4, -0.2) is 20.7 Å². The van der Waals surface area contributed by atoms with E-state index in [0.717, 1.165) is 43.5 Å². The molecule has 0 fully saturated rings. The Bertz CT molecular complexity index is 1810. The van der Waals surface area contributed by atoms with Gasteiger partial charge in [-0.3, -0.25) is 4.79 Å². The lowest BCUT2D eigenvalue weighted by Crippen LogP contribution is -2.25. The first-order valence-electron chi connectivity index (χ1n) is 13.1. The molecule has 0 aliphatic carbocycles. The van der Waals surface area contributed by atoms with Crippen molar-refractivity contribution in [2.75, 3.05) is 0 Å². The number of aryl methyl sites for hydroxylation is 2. The highest BCUT2D eigenvalue weighted by Crippen LogP contribution is 2.40. The first kappa shape index (κ1) is 25.7. The standard InChI is InChI=1S/C34H27BrN4O/c1-22-13-15-24(16-14-22)21-36-34(40)29-23(2)37-33-31(30(29)25-17-19-27(35)20-18-25)32(26-9-5-3-6-10-26)38-39(33)28-11-7-4-8-12-28/h3-20H,21H2,1-2H3,(H,36,40). The van der Waals surface area contributed by atoms with E-state index in [2.05, 4.69) is 40.3 Å². The molecule has 6 rings (SSSR count). The summed E-state index contributed by atoms with van der Waals surface area (Å²) in [6.07, 6.45) is 0. The fourth-order valence-corrected chi connectivity index (χ4v) is 5.23. The molecule has 1 amide bonds. The Balaban J connectivity index is 1.61. The van der Waals surface area contributed by atoms with Crippen molar-refractivity contribution in [1.29, 1.82) is 0 Å². The van der Waals surface area contributed by atoms with Crippen molar-refractivity contribution in [2.24, 2.45) is 0 Å². The Morgan fingerprint density at radius 2 is 1.45 bits per heavy atom. The van der Waals surface area contributed by atoms with Crippen LogP contribution in [0.2, 0.25) is 0 Å². The summed E-state index contributed by atoms with van der Waals surface area (Å²) in [5.74, 6) is -0.170. The van der Waals surface area contributed by atoms with Crippen LogP contribution in [0.25, 0.3) is 39.1 Å². The summed E-state index contributed by atoms with van der Waals surface area (Å²) in [6, 6.07) is 36.3. The predicted molar refractivity (Wildman–Crippen MR) is 165 cm³/mol. The molecule has 40 heavy (non-hydrogen) atoms. The molecule has 0 radical (unpaired) electrons. The second-order valence-corrected chi connectivity index (χ2v) is 10.7. The Morgan fingerprint density at radius 1 is 0.800 bits per heavy atom. The lowest BCUT2D eigenvalue weighted by Gasteiger charge is -2.16. The summed E-state index contributed by atoms with van der Waals surface area (Å²) in [5.41, 5.74) is 8.49. The number of hydrogen-bond donors (Lipinski definition) is 1. The van der Waals surface area contributed by atoms with Crippen molar-refractivity contribution in [1.82, 2.24) is 20.1 Å². The average Bonchev–Trinajstić information content (AvgIpc) is 3.36. The molecule has 6 heteroatoms. The van der Waals surface area contributed by atoms with Crippen LogP contribution >= 0.6 is 15.9 Å². The molecule has 0 aliphatic rings. The van der Waals surface area contributed by atoms with Crippen LogP contribution in [0.15, 0.2) is 114 Å². The molecular formula is C34H27BrN4O. The van der Waals surface area contributed by atoms with Crippen molar-refractivity contribution in [3.05, 3.63) is 136 Å². The molecule has 196 valence electrons. The Morgan fingerprint density at radius 3 is 2.12 bits per heavy atom. The van der Waals surface area contributed by atoms with E-state index in [1.54, 1.807) is 0 Å². The maximum atomic E-state index is 13.9. The highest BCUT2D eigenvalue weighted by atomic mass is 79.9. The minimum Gasteiger partial charge on any atom is -0.348 e. The van der Waals surface area contributed by atoms with Crippen molar-refractivity contribution in [3.8, 4) is 28.1 Å². The van der Waals surface area contributed by atoms with Crippen molar-refractivity contribution in [3.63, 3.8) is 0 Å². The molecule has 0 atom stereocenters. The number of benzene rings is 4. The SMILES string of the molecule is Cc1ccc(CNC(=O)c2c(C)nc3c(c(-c4ccccc4)nn3-c3ccccc3)c2-c2ccc(Br)cc2)cc1. The predicted octanol–water partition coefficient (Wildman–Crippen LogP) is 8.06. The number of pyridine rings is 1. The van der Waals surface area contributed by atoms with Crippen LogP contribution in [0.1, 0.15) is 27.2 Å². The maximum absolute atomic E-state index is 13.9. The number of fused-ring (bicyclic) bond motifs is 1. The smallest absolute Gasteiger partial charge is 0.254 e. The lowest BCUT2D eigenvalue weighted by molar-refractivity contribution is 0.0950. The number of para-hydroxylation sites is 1. The van der Waals surface area contributed by atoms with Crippen molar-refractivity contribution in [2.45, 2.75) is 20.4 Å². The lowest BCUT2D eigenvalue weighted by atomic mass is 9.93. The summed E-state index contributed by atoms with van der Waals surface area (Å²) in [4.78, 5) is 19.0. The van der Waals surface area contributed by atoms with Crippen LogP contribution in [-0.2, 0) is 6.54 Å².